The van der Waals surface area contributed by atoms with Gasteiger partial charge in [-0.15, -0.1) is 0 Å². The molecule has 18 heavy (non-hydrogen) atoms. The first-order valence-corrected chi connectivity index (χ1v) is 15.3. The standard InChI is InChI=1S/C4H9O.3C4H9.Sn/c1-4(2,3)5;3*1-3-4-2;/h1-3H3;3*1,3-4H2,2H3;/q-1;;;;+1. The van der Waals surface area contributed by atoms with Crippen molar-refractivity contribution in [3.05, 3.63) is 0 Å². The summed E-state index contributed by atoms with van der Waals surface area (Å²) in [5.41, 5.74) is 0.0747. The second-order valence-electron chi connectivity index (χ2n) is 6.71. The fourth-order valence-corrected chi connectivity index (χ4v) is 17.9. The van der Waals surface area contributed by atoms with Crippen molar-refractivity contribution in [3.63, 3.8) is 0 Å². The van der Waals surface area contributed by atoms with Gasteiger partial charge in [-0.3, -0.25) is 0 Å². The molecule has 0 aliphatic carbocycles. The average Bonchev–Trinajstić information content (AvgIpc) is 2.29. The van der Waals surface area contributed by atoms with E-state index in [1.54, 1.807) is 0 Å². The van der Waals surface area contributed by atoms with E-state index < -0.39 is 18.8 Å². The van der Waals surface area contributed by atoms with E-state index >= 15 is 0 Å². The van der Waals surface area contributed by atoms with Crippen LogP contribution in [-0.2, 0) is 3.07 Å². The van der Waals surface area contributed by atoms with Gasteiger partial charge in [0.25, 0.3) is 0 Å². The zero-order chi connectivity index (χ0) is 14.1. The molecule has 0 aromatic carbocycles. The molecule has 0 rings (SSSR count). The summed E-state index contributed by atoms with van der Waals surface area (Å²) >= 11 is -2.33. The van der Waals surface area contributed by atoms with Gasteiger partial charge >= 0.3 is 121 Å². The Morgan fingerprint density at radius 2 is 1.06 bits per heavy atom. The van der Waals surface area contributed by atoms with E-state index in [0.717, 1.165) is 0 Å². The summed E-state index contributed by atoms with van der Waals surface area (Å²) in [5.74, 6) is 0. The van der Waals surface area contributed by atoms with E-state index in [1.807, 2.05) is 0 Å². The predicted octanol–water partition coefficient (Wildman–Crippen LogP) is 6.15. The number of rotatable bonds is 10. The van der Waals surface area contributed by atoms with E-state index in [4.69, 9.17) is 3.07 Å². The van der Waals surface area contributed by atoms with E-state index in [9.17, 15) is 0 Å². The summed E-state index contributed by atoms with van der Waals surface area (Å²) in [7, 11) is 0. The third-order valence-electron chi connectivity index (χ3n) is 3.48. The van der Waals surface area contributed by atoms with E-state index in [-0.39, 0.29) is 5.60 Å². The molecule has 0 saturated heterocycles. The molecular formula is C16H36OSn. The van der Waals surface area contributed by atoms with Gasteiger partial charge in [0.1, 0.15) is 0 Å². The summed E-state index contributed by atoms with van der Waals surface area (Å²) in [6.45, 7) is 13.7. The molecule has 0 fully saturated rings. The molecule has 0 aromatic heterocycles. The van der Waals surface area contributed by atoms with Crippen LogP contribution in [0.25, 0.3) is 0 Å². The molecule has 0 saturated carbocycles. The molecule has 0 heterocycles. The second-order valence-corrected chi connectivity index (χ2v) is 18.3. The Labute approximate surface area is 120 Å². The van der Waals surface area contributed by atoms with Crippen molar-refractivity contribution in [2.45, 2.75) is 99.0 Å². The molecule has 0 aliphatic heterocycles. The molecule has 0 amide bonds. The molecule has 0 bridgehead atoms. The van der Waals surface area contributed by atoms with E-state index in [0.29, 0.717) is 0 Å². The normalized spacial score (nSPS) is 13.0. The van der Waals surface area contributed by atoms with Crippen LogP contribution in [0.2, 0.25) is 13.3 Å². The van der Waals surface area contributed by atoms with Crippen molar-refractivity contribution in [1.29, 1.82) is 0 Å². The summed E-state index contributed by atoms with van der Waals surface area (Å²) in [5, 5.41) is 0. The van der Waals surface area contributed by atoms with Gasteiger partial charge in [-0.1, -0.05) is 0 Å². The first-order valence-electron chi connectivity index (χ1n) is 8.09. The molecule has 0 aromatic rings. The average molecular weight is 363 g/mol. The molecule has 2 heteroatoms. The Bertz CT molecular complexity index is 174. The van der Waals surface area contributed by atoms with Crippen LogP contribution in [0.1, 0.15) is 80.1 Å². The van der Waals surface area contributed by atoms with Gasteiger partial charge in [-0.2, -0.15) is 0 Å². The van der Waals surface area contributed by atoms with E-state index in [2.05, 4.69) is 41.5 Å². The third kappa shape index (κ3) is 8.79. The molecule has 110 valence electrons. The van der Waals surface area contributed by atoms with Crippen LogP contribution in [0.3, 0.4) is 0 Å². The zero-order valence-electron chi connectivity index (χ0n) is 13.8. The van der Waals surface area contributed by atoms with Crippen LogP contribution in [-0.4, -0.2) is 24.4 Å². The maximum atomic E-state index is 6.74. The van der Waals surface area contributed by atoms with Crippen molar-refractivity contribution < 1.29 is 3.07 Å². The monoisotopic (exact) mass is 364 g/mol. The molecule has 0 spiro atoms. The molecule has 0 N–H and O–H groups in total. The Morgan fingerprint density at radius 3 is 1.28 bits per heavy atom. The van der Waals surface area contributed by atoms with Gasteiger partial charge in [-0.05, 0) is 0 Å². The summed E-state index contributed by atoms with van der Waals surface area (Å²) < 4.78 is 11.1. The number of hydrogen-bond donors (Lipinski definition) is 0. The molecular weight excluding hydrogens is 327 g/mol. The van der Waals surface area contributed by atoms with Gasteiger partial charge in [0.15, 0.2) is 0 Å². The fraction of sp³-hybridized carbons (Fsp3) is 1.00. The maximum absolute atomic E-state index is 6.74. The van der Waals surface area contributed by atoms with Crippen LogP contribution >= 0.6 is 0 Å². The van der Waals surface area contributed by atoms with Crippen LogP contribution in [0.5, 0.6) is 0 Å². The SMILES string of the molecule is CCC[CH2][Sn]([CH2]CCC)([CH2]CCC)[O]C(C)(C)C. The predicted molar refractivity (Wildman–Crippen MR) is 85.7 cm³/mol. The summed E-state index contributed by atoms with van der Waals surface area (Å²) in [6.07, 6.45) is 8.14. The Balaban J connectivity index is 4.73. The fourth-order valence-electron chi connectivity index (χ4n) is 2.67. The summed E-state index contributed by atoms with van der Waals surface area (Å²) in [6, 6.07) is 0. The third-order valence-corrected chi connectivity index (χ3v) is 17.3. The quantitative estimate of drug-likeness (QED) is 0.423. The number of unbranched alkanes of at least 4 members (excludes halogenated alkanes) is 3. The Morgan fingerprint density at radius 1 is 0.722 bits per heavy atom. The summed E-state index contributed by atoms with van der Waals surface area (Å²) in [4.78, 5) is 0. The molecule has 0 aliphatic rings. The van der Waals surface area contributed by atoms with Crippen LogP contribution < -0.4 is 0 Å². The van der Waals surface area contributed by atoms with E-state index in [1.165, 1.54) is 51.8 Å². The van der Waals surface area contributed by atoms with Crippen molar-refractivity contribution >= 4 is 18.8 Å². The Kier molecular flexibility index (Phi) is 10.0. The number of hydrogen-bond acceptors (Lipinski definition) is 1. The Hall–Kier alpha value is 0.759. The van der Waals surface area contributed by atoms with Crippen molar-refractivity contribution in [2.75, 3.05) is 0 Å². The van der Waals surface area contributed by atoms with Gasteiger partial charge < -0.3 is 0 Å². The minimum atomic E-state index is -2.33. The van der Waals surface area contributed by atoms with Gasteiger partial charge in [0.2, 0.25) is 0 Å². The van der Waals surface area contributed by atoms with Crippen LogP contribution in [0.4, 0.5) is 0 Å². The molecule has 0 unspecified atom stereocenters. The molecule has 0 radical (unpaired) electrons. The van der Waals surface area contributed by atoms with Crippen LogP contribution in [0.15, 0.2) is 0 Å². The van der Waals surface area contributed by atoms with Gasteiger partial charge in [0, 0.05) is 0 Å². The first kappa shape index (κ1) is 18.8. The van der Waals surface area contributed by atoms with Gasteiger partial charge in [-0.25, -0.2) is 0 Å². The van der Waals surface area contributed by atoms with Gasteiger partial charge in [0.05, 0.1) is 0 Å². The second kappa shape index (κ2) is 9.63. The first-order chi connectivity index (χ1) is 8.39. The topological polar surface area (TPSA) is 9.23 Å². The van der Waals surface area contributed by atoms with Crippen molar-refractivity contribution in [2.24, 2.45) is 0 Å². The van der Waals surface area contributed by atoms with Crippen molar-refractivity contribution in [1.82, 2.24) is 0 Å². The molecule has 1 nitrogen and oxygen atoms in total. The van der Waals surface area contributed by atoms with Crippen molar-refractivity contribution in [3.8, 4) is 0 Å². The van der Waals surface area contributed by atoms with Crippen LogP contribution in [0, 0.1) is 0 Å². The minimum absolute atomic E-state index is 0.0747. The molecule has 0 atom stereocenters. The zero-order valence-corrected chi connectivity index (χ0v) is 16.6.